The lowest BCUT2D eigenvalue weighted by atomic mass is 10.2. The van der Waals surface area contributed by atoms with Gasteiger partial charge in [-0.2, -0.15) is 0 Å². The Morgan fingerprint density at radius 2 is 2.33 bits per heavy atom. The van der Waals surface area contributed by atoms with E-state index in [0.717, 1.165) is 24.1 Å². The highest BCUT2D eigenvalue weighted by Gasteiger charge is 2.16. The van der Waals surface area contributed by atoms with Crippen molar-refractivity contribution >= 4 is 11.0 Å². The molecule has 3 rings (SSSR count). The second-order valence-corrected chi connectivity index (χ2v) is 4.14. The molecule has 0 unspecified atom stereocenters. The van der Waals surface area contributed by atoms with Crippen LogP contribution in [0.1, 0.15) is 12.5 Å². The third-order valence-electron chi connectivity index (χ3n) is 2.97. The van der Waals surface area contributed by atoms with Crippen LogP contribution < -0.4 is 11.0 Å². The molecule has 15 heavy (non-hydrogen) atoms. The van der Waals surface area contributed by atoms with Gasteiger partial charge in [-0.15, -0.1) is 0 Å². The first-order chi connectivity index (χ1) is 7.25. The molecule has 0 amide bonds. The maximum atomic E-state index is 11.7. The van der Waals surface area contributed by atoms with Crippen LogP contribution in [0.3, 0.4) is 0 Å². The topological polar surface area (TPSA) is 49.8 Å². The first kappa shape index (κ1) is 8.73. The van der Waals surface area contributed by atoms with Gasteiger partial charge in [0.2, 0.25) is 0 Å². The number of nitrogens with zero attached hydrogens (tertiary/aromatic N) is 1. The molecular weight excluding hydrogens is 190 g/mol. The minimum atomic E-state index is -0.00648. The zero-order valence-corrected chi connectivity index (χ0v) is 8.58. The summed E-state index contributed by atoms with van der Waals surface area (Å²) in [6.07, 6.45) is 0. The summed E-state index contributed by atoms with van der Waals surface area (Å²) < 4.78 is 1.83. The molecule has 1 atom stereocenters. The summed E-state index contributed by atoms with van der Waals surface area (Å²) in [5.74, 6) is 0. The smallest absolute Gasteiger partial charge is 0.308 e. The number of H-pyrrole nitrogens is 1. The fourth-order valence-electron chi connectivity index (χ4n) is 2.23. The maximum absolute atomic E-state index is 11.7. The summed E-state index contributed by atoms with van der Waals surface area (Å²) in [6, 6.07) is 6.33. The predicted octanol–water partition coefficient (Wildman–Crippen LogP) is 0.821. The molecule has 0 spiro atoms. The molecule has 1 aliphatic heterocycles. The molecule has 0 radical (unpaired) electrons. The monoisotopic (exact) mass is 203 g/mol. The van der Waals surface area contributed by atoms with Crippen molar-refractivity contribution in [3.63, 3.8) is 0 Å². The quantitative estimate of drug-likeness (QED) is 0.666. The molecule has 1 aliphatic rings. The average Bonchev–Trinajstić information content (AvgIpc) is 2.44. The molecule has 1 aromatic carbocycles. The van der Waals surface area contributed by atoms with Gasteiger partial charge in [-0.3, -0.25) is 4.57 Å². The van der Waals surface area contributed by atoms with E-state index in [2.05, 4.69) is 23.3 Å². The Morgan fingerprint density at radius 1 is 1.47 bits per heavy atom. The molecule has 0 bridgehead atoms. The van der Waals surface area contributed by atoms with E-state index in [1.807, 2.05) is 16.7 Å². The predicted molar refractivity (Wildman–Crippen MR) is 58.9 cm³/mol. The van der Waals surface area contributed by atoms with Crippen LogP contribution in [0, 0.1) is 0 Å². The molecular formula is C11H13N3O. The molecule has 1 aromatic heterocycles. The lowest BCUT2D eigenvalue weighted by molar-refractivity contribution is 0.491. The lowest BCUT2D eigenvalue weighted by Gasteiger charge is -2.08. The molecule has 0 fully saturated rings. The van der Waals surface area contributed by atoms with E-state index in [1.54, 1.807) is 0 Å². The SMILES string of the molecule is C[C@@H]1Cn2c(=O)[nH]c3cccc(c32)CN1. The first-order valence-electron chi connectivity index (χ1n) is 5.19. The largest absolute Gasteiger partial charge is 0.326 e. The highest BCUT2D eigenvalue weighted by Crippen LogP contribution is 2.18. The van der Waals surface area contributed by atoms with Gasteiger partial charge in [0.15, 0.2) is 0 Å². The van der Waals surface area contributed by atoms with Gasteiger partial charge in [0.05, 0.1) is 11.0 Å². The standard InChI is InChI=1S/C11H13N3O/c1-7-6-14-10-8(5-12-7)3-2-4-9(10)13-11(14)15/h2-4,7,12H,5-6H2,1H3,(H,13,15)/t7-/m1/s1. The summed E-state index contributed by atoms with van der Waals surface area (Å²) >= 11 is 0. The van der Waals surface area contributed by atoms with Crippen molar-refractivity contribution in [2.75, 3.05) is 0 Å². The summed E-state index contributed by atoms with van der Waals surface area (Å²) in [7, 11) is 0. The number of aromatic nitrogens is 2. The molecule has 2 aromatic rings. The van der Waals surface area contributed by atoms with Crippen LogP contribution in [0.4, 0.5) is 0 Å². The second kappa shape index (κ2) is 2.97. The van der Waals surface area contributed by atoms with Gasteiger partial charge in [0, 0.05) is 19.1 Å². The molecule has 0 saturated carbocycles. The molecule has 78 valence electrons. The fraction of sp³-hybridized carbons (Fsp3) is 0.364. The first-order valence-corrected chi connectivity index (χ1v) is 5.19. The van der Waals surface area contributed by atoms with Crippen molar-refractivity contribution in [1.29, 1.82) is 0 Å². The minimum Gasteiger partial charge on any atom is -0.308 e. The molecule has 4 heteroatoms. The van der Waals surface area contributed by atoms with Gasteiger partial charge in [-0.05, 0) is 18.6 Å². The second-order valence-electron chi connectivity index (χ2n) is 4.14. The van der Waals surface area contributed by atoms with Gasteiger partial charge >= 0.3 is 5.69 Å². The van der Waals surface area contributed by atoms with Gasteiger partial charge < -0.3 is 10.3 Å². The third kappa shape index (κ3) is 1.22. The van der Waals surface area contributed by atoms with E-state index >= 15 is 0 Å². The van der Waals surface area contributed by atoms with Crippen LogP contribution in [0.25, 0.3) is 11.0 Å². The highest BCUT2D eigenvalue weighted by molar-refractivity contribution is 5.79. The number of hydrogen-bond acceptors (Lipinski definition) is 2. The van der Waals surface area contributed by atoms with E-state index in [1.165, 1.54) is 5.56 Å². The molecule has 4 nitrogen and oxygen atoms in total. The van der Waals surface area contributed by atoms with Crippen molar-refractivity contribution in [1.82, 2.24) is 14.9 Å². The Hall–Kier alpha value is -1.55. The van der Waals surface area contributed by atoms with Crippen LogP contribution in [0.2, 0.25) is 0 Å². The Labute approximate surface area is 86.9 Å². The number of imidazole rings is 1. The summed E-state index contributed by atoms with van der Waals surface area (Å²) in [4.78, 5) is 14.6. The van der Waals surface area contributed by atoms with Gasteiger partial charge in [-0.1, -0.05) is 12.1 Å². The van der Waals surface area contributed by atoms with Crippen LogP contribution in [0.15, 0.2) is 23.0 Å². The van der Waals surface area contributed by atoms with Crippen molar-refractivity contribution in [3.8, 4) is 0 Å². The van der Waals surface area contributed by atoms with Gasteiger partial charge in [-0.25, -0.2) is 4.79 Å². The van der Waals surface area contributed by atoms with Crippen molar-refractivity contribution < 1.29 is 0 Å². The number of aromatic amines is 1. The average molecular weight is 203 g/mol. The van der Waals surface area contributed by atoms with Crippen molar-refractivity contribution in [3.05, 3.63) is 34.2 Å². The molecule has 2 N–H and O–H groups in total. The van der Waals surface area contributed by atoms with Crippen LogP contribution in [-0.4, -0.2) is 15.6 Å². The minimum absolute atomic E-state index is 0.00648. The van der Waals surface area contributed by atoms with E-state index in [-0.39, 0.29) is 5.69 Å². The number of hydrogen-bond donors (Lipinski definition) is 2. The van der Waals surface area contributed by atoms with Crippen LogP contribution >= 0.6 is 0 Å². The van der Waals surface area contributed by atoms with E-state index < -0.39 is 0 Å². The lowest BCUT2D eigenvalue weighted by Crippen LogP contribution is -2.30. The Balaban J connectivity index is 2.40. The summed E-state index contributed by atoms with van der Waals surface area (Å²) in [5, 5.41) is 3.39. The van der Waals surface area contributed by atoms with Crippen molar-refractivity contribution in [2.45, 2.75) is 26.1 Å². The normalized spacial score (nSPS) is 20.5. The van der Waals surface area contributed by atoms with Crippen LogP contribution in [-0.2, 0) is 13.1 Å². The number of rotatable bonds is 0. The highest BCUT2D eigenvalue weighted by atomic mass is 16.1. The number of benzene rings is 1. The Bertz CT molecular complexity index is 567. The van der Waals surface area contributed by atoms with Gasteiger partial charge in [0.1, 0.15) is 0 Å². The zero-order valence-electron chi connectivity index (χ0n) is 8.58. The van der Waals surface area contributed by atoms with Crippen molar-refractivity contribution in [2.24, 2.45) is 0 Å². The molecule has 0 saturated heterocycles. The van der Waals surface area contributed by atoms with E-state index in [9.17, 15) is 4.79 Å². The van der Waals surface area contributed by atoms with Crippen LogP contribution in [0.5, 0.6) is 0 Å². The van der Waals surface area contributed by atoms with Gasteiger partial charge in [0.25, 0.3) is 0 Å². The summed E-state index contributed by atoms with van der Waals surface area (Å²) in [6.45, 7) is 3.66. The number of para-hydroxylation sites is 1. The third-order valence-corrected chi connectivity index (χ3v) is 2.97. The molecule has 0 aliphatic carbocycles. The maximum Gasteiger partial charge on any atom is 0.326 e. The van der Waals surface area contributed by atoms with E-state index in [4.69, 9.17) is 0 Å². The number of nitrogens with one attached hydrogen (secondary N) is 2. The zero-order chi connectivity index (χ0) is 10.4. The van der Waals surface area contributed by atoms with E-state index in [0.29, 0.717) is 6.04 Å². The Morgan fingerprint density at radius 3 is 3.20 bits per heavy atom. The fourth-order valence-corrected chi connectivity index (χ4v) is 2.23. The molecule has 2 heterocycles. The Kier molecular flexibility index (Phi) is 1.73. The summed E-state index contributed by atoms with van der Waals surface area (Å²) in [5.41, 5.74) is 3.18.